The molecule has 2 atom stereocenters. The van der Waals surface area contributed by atoms with Crippen LogP contribution in [0.5, 0.6) is 0 Å². The second-order valence-corrected chi connectivity index (χ2v) is 15.0. The lowest BCUT2D eigenvalue weighted by molar-refractivity contribution is -0.135. The lowest BCUT2D eigenvalue weighted by atomic mass is 9.98. The minimum Gasteiger partial charge on any atom is -0.457 e. The molecule has 3 N–H and O–H groups in total. The van der Waals surface area contributed by atoms with Gasteiger partial charge in [0.2, 0.25) is 5.91 Å². The smallest absolute Gasteiger partial charge is 0.338 e. The summed E-state index contributed by atoms with van der Waals surface area (Å²) in [7, 11) is 0. The Kier molecular flexibility index (Phi) is 12.2. The minimum absolute atomic E-state index is 0.00260. The largest absolute Gasteiger partial charge is 0.457 e. The number of nitrogens with one attached hydrogen (secondary N) is 2. The Morgan fingerprint density at radius 3 is 2.22 bits per heavy atom. The first-order valence-electron chi connectivity index (χ1n) is 19.5. The van der Waals surface area contributed by atoms with Crippen molar-refractivity contribution in [3.63, 3.8) is 0 Å². The average Bonchev–Trinajstić information content (AvgIpc) is 3.22. The zero-order chi connectivity index (χ0) is 37.4. The monoisotopic (exact) mass is 736 g/mol. The summed E-state index contributed by atoms with van der Waals surface area (Å²) in [6.45, 7) is 4.94. The van der Waals surface area contributed by atoms with Gasteiger partial charge in [0.15, 0.2) is 0 Å². The van der Waals surface area contributed by atoms with Crippen LogP contribution < -0.4 is 10.6 Å². The van der Waals surface area contributed by atoms with Crippen LogP contribution in [0.25, 0.3) is 0 Å². The second-order valence-electron chi connectivity index (χ2n) is 15.0. The molecule has 3 fully saturated rings. The number of urea groups is 1. The number of benzene rings is 3. The van der Waals surface area contributed by atoms with Gasteiger partial charge in [-0.2, -0.15) is 0 Å². The number of aliphatic hydroxyl groups is 1. The fourth-order valence-electron chi connectivity index (χ4n) is 8.46. The molecule has 3 saturated heterocycles. The Morgan fingerprint density at radius 1 is 0.796 bits per heavy atom. The fraction of sp³-hybridized carbons (Fsp3) is 0.476. The number of carbonyl (C=O) groups is 4. The molecule has 4 heterocycles. The van der Waals surface area contributed by atoms with Gasteiger partial charge < -0.3 is 35.2 Å². The number of anilines is 1. The molecule has 0 radical (unpaired) electrons. The van der Waals surface area contributed by atoms with Crippen LogP contribution in [0.15, 0.2) is 78.9 Å². The third kappa shape index (κ3) is 8.94. The molecule has 4 aliphatic heterocycles. The van der Waals surface area contributed by atoms with Crippen LogP contribution in [0.3, 0.4) is 0 Å². The number of amides is 4. The quantitative estimate of drug-likeness (QED) is 0.238. The number of ether oxygens (including phenoxy) is 1. The number of carbonyl (C=O) groups excluding carboxylic acids is 4. The summed E-state index contributed by atoms with van der Waals surface area (Å²) in [6.07, 6.45) is 5.70. The van der Waals surface area contributed by atoms with Crippen molar-refractivity contribution in [3.05, 3.63) is 101 Å². The first kappa shape index (κ1) is 37.5. The highest BCUT2D eigenvalue weighted by molar-refractivity contribution is 5.96. The van der Waals surface area contributed by atoms with Gasteiger partial charge in [-0.15, -0.1) is 0 Å². The van der Waals surface area contributed by atoms with Gasteiger partial charge in [0, 0.05) is 61.6 Å². The Bertz CT molecular complexity index is 1770. The van der Waals surface area contributed by atoms with Crippen LogP contribution in [-0.4, -0.2) is 112 Å². The van der Waals surface area contributed by atoms with Gasteiger partial charge in [-0.05, 0) is 81.4 Å². The topological polar surface area (TPSA) is 135 Å². The first-order valence-corrected chi connectivity index (χ1v) is 19.5. The Morgan fingerprint density at radius 2 is 1.46 bits per heavy atom. The normalized spacial score (nSPS) is 20.1. The van der Waals surface area contributed by atoms with E-state index >= 15 is 0 Å². The Labute approximate surface area is 317 Å². The second kappa shape index (κ2) is 17.6. The molecule has 0 aromatic heterocycles. The summed E-state index contributed by atoms with van der Waals surface area (Å²) in [6, 6.07) is 22.9. The van der Waals surface area contributed by atoms with Gasteiger partial charge in [-0.3, -0.25) is 14.5 Å². The van der Waals surface area contributed by atoms with Gasteiger partial charge in [-0.25, -0.2) is 9.59 Å². The van der Waals surface area contributed by atoms with Crippen molar-refractivity contribution in [3.8, 4) is 0 Å². The van der Waals surface area contributed by atoms with E-state index in [0.29, 0.717) is 68.3 Å². The summed E-state index contributed by atoms with van der Waals surface area (Å²) in [4.78, 5) is 61.8. The Balaban J connectivity index is 1.01. The summed E-state index contributed by atoms with van der Waals surface area (Å²) in [5, 5.41) is 17.9. The third-order valence-corrected chi connectivity index (χ3v) is 11.6. The molecule has 0 aliphatic carbocycles. The molecule has 0 saturated carbocycles. The molecule has 54 heavy (non-hydrogen) atoms. The number of fused-ring (bicyclic) bond motifs is 1. The zero-order valence-electron chi connectivity index (χ0n) is 30.9. The number of aliphatic hydroxyl groups excluding tert-OH is 1. The van der Waals surface area contributed by atoms with Gasteiger partial charge in [0.05, 0.1) is 18.0 Å². The van der Waals surface area contributed by atoms with Crippen molar-refractivity contribution >= 4 is 29.5 Å². The number of rotatable bonds is 11. The first-order chi connectivity index (χ1) is 26.3. The van der Waals surface area contributed by atoms with Crippen molar-refractivity contribution < 1.29 is 29.0 Å². The van der Waals surface area contributed by atoms with Crippen molar-refractivity contribution in [1.29, 1.82) is 0 Å². The molecule has 4 aliphatic rings. The fourth-order valence-corrected chi connectivity index (χ4v) is 8.46. The lowest BCUT2D eigenvalue weighted by Gasteiger charge is -2.43. The maximum atomic E-state index is 14.0. The van der Waals surface area contributed by atoms with E-state index in [1.54, 1.807) is 53.4 Å². The van der Waals surface area contributed by atoms with Crippen molar-refractivity contribution in [2.75, 3.05) is 44.6 Å². The highest BCUT2D eigenvalue weighted by Crippen LogP contribution is 2.28. The predicted molar refractivity (Wildman–Crippen MR) is 205 cm³/mol. The van der Waals surface area contributed by atoms with Gasteiger partial charge >= 0.3 is 12.0 Å². The molecule has 12 heteroatoms. The number of piperidine rings is 3. The molecule has 1 unspecified atom stereocenters. The van der Waals surface area contributed by atoms with Gasteiger partial charge in [-0.1, -0.05) is 61.0 Å². The van der Waals surface area contributed by atoms with Gasteiger partial charge in [0.25, 0.3) is 5.91 Å². The summed E-state index contributed by atoms with van der Waals surface area (Å²) in [5.74, 6) is -1.09. The molecule has 7 rings (SSSR count). The van der Waals surface area contributed by atoms with E-state index in [9.17, 15) is 24.3 Å². The van der Waals surface area contributed by atoms with Crippen molar-refractivity contribution in [2.45, 2.75) is 88.9 Å². The van der Waals surface area contributed by atoms with E-state index in [4.69, 9.17) is 4.74 Å². The standard InChI is InChI=1S/C42H52N6O6/c49-38(46-23-19-34(20-24-46)48-28-31-13-6-8-16-36(31)44-42(48)53)27-37(40(51)47-25-17-33(18-26-47)45-21-9-2-10-22-45)43-39(50)35-15-7-5-14-32(35)29-54-41(52)30-11-3-1-4-12-30/h1,3-8,11-16,33-34,37,40,51H,2,9-10,17-29H2,(H,43,50)(H,44,53)/t37-,40?/m0/s1. The highest BCUT2D eigenvalue weighted by Gasteiger charge is 2.37. The van der Waals surface area contributed by atoms with E-state index in [-0.39, 0.29) is 31.0 Å². The van der Waals surface area contributed by atoms with E-state index in [1.165, 1.54) is 19.3 Å². The summed E-state index contributed by atoms with van der Waals surface area (Å²) < 4.78 is 5.56. The summed E-state index contributed by atoms with van der Waals surface area (Å²) in [5.41, 5.74) is 3.16. The van der Waals surface area contributed by atoms with Crippen LogP contribution in [-0.2, 0) is 22.7 Å². The Hall–Kier alpha value is -4.78. The van der Waals surface area contributed by atoms with Crippen molar-refractivity contribution in [1.82, 2.24) is 24.9 Å². The average molecular weight is 737 g/mol. The number of likely N-dealkylation sites (tertiary alicyclic amines) is 3. The predicted octanol–water partition coefficient (Wildman–Crippen LogP) is 4.84. The molecule has 0 spiro atoms. The minimum atomic E-state index is -1.07. The number of hydrogen-bond donors (Lipinski definition) is 3. The molecular weight excluding hydrogens is 684 g/mol. The lowest BCUT2D eigenvalue weighted by Crippen LogP contribution is -2.57. The number of esters is 1. The van der Waals surface area contributed by atoms with Gasteiger partial charge in [0.1, 0.15) is 12.8 Å². The van der Waals surface area contributed by atoms with E-state index in [0.717, 1.165) is 37.2 Å². The number of para-hydroxylation sites is 1. The van der Waals surface area contributed by atoms with E-state index < -0.39 is 24.1 Å². The van der Waals surface area contributed by atoms with E-state index in [2.05, 4.69) is 15.5 Å². The van der Waals surface area contributed by atoms with Crippen LogP contribution in [0.1, 0.15) is 83.2 Å². The molecular formula is C42H52N6O6. The molecule has 286 valence electrons. The van der Waals surface area contributed by atoms with Crippen molar-refractivity contribution in [2.24, 2.45) is 0 Å². The third-order valence-electron chi connectivity index (χ3n) is 11.6. The van der Waals surface area contributed by atoms with Crippen LogP contribution in [0, 0.1) is 0 Å². The maximum absolute atomic E-state index is 14.0. The maximum Gasteiger partial charge on any atom is 0.338 e. The van der Waals surface area contributed by atoms with Crippen LogP contribution in [0.4, 0.5) is 10.5 Å². The molecule has 0 bridgehead atoms. The van der Waals surface area contributed by atoms with Crippen LogP contribution in [0.2, 0.25) is 0 Å². The molecule has 12 nitrogen and oxygen atoms in total. The molecule has 3 aromatic carbocycles. The summed E-state index contributed by atoms with van der Waals surface area (Å²) >= 11 is 0. The van der Waals surface area contributed by atoms with Crippen LogP contribution >= 0.6 is 0 Å². The zero-order valence-corrected chi connectivity index (χ0v) is 30.9. The molecule has 3 aromatic rings. The number of nitrogens with zero attached hydrogens (tertiary/aromatic N) is 4. The van der Waals surface area contributed by atoms with E-state index in [1.807, 2.05) is 40.1 Å². The number of hydrogen-bond acceptors (Lipinski definition) is 8. The SMILES string of the molecule is O=C(OCc1ccccc1C(=O)N[C@@H](CC(=O)N1CCC(N2Cc3ccccc3NC2=O)CC1)C(O)N1CCC(N2CCCCC2)CC1)c1ccccc1. The molecule has 4 amide bonds. The highest BCUT2D eigenvalue weighted by atomic mass is 16.5.